The second kappa shape index (κ2) is 17.1. The van der Waals surface area contributed by atoms with E-state index in [0.717, 1.165) is 0 Å². The van der Waals surface area contributed by atoms with Gasteiger partial charge in [-0.15, -0.1) is 0 Å². The zero-order chi connectivity index (χ0) is 27.5. The van der Waals surface area contributed by atoms with Crippen molar-refractivity contribution in [2.75, 3.05) is 26.4 Å². The van der Waals surface area contributed by atoms with E-state index >= 15 is 0 Å². The van der Waals surface area contributed by atoms with Crippen LogP contribution in [0.3, 0.4) is 0 Å². The maximum atomic E-state index is 6.41. The second-order valence-electron chi connectivity index (χ2n) is 12.4. The molecule has 11 heteroatoms. The van der Waals surface area contributed by atoms with E-state index in [2.05, 4.69) is 41.5 Å². The molecule has 0 radical (unpaired) electrons. The molecule has 2 rings (SSSR count). The molecule has 2 aliphatic rings. The van der Waals surface area contributed by atoms with Gasteiger partial charge in [0, 0.05) is 0 Å². The number of unbranched alkanes of at least 4 members (excludes halogenated alkanes) is 10. The van der Waals surface area contributed by atoms with Gasteiger partial charge in [-0.1, -0.05) is 0 Å². The Morgan fingerprint density at radius 1 is 0.568 bits per heavy atom. The van der Waals surface area contributed by atoms with E-state index < -0.39 is 27.0 Å². The predicted octanol–water partition coefficient (Wildman–Crippen LogP) is 11.2. The summed E-state index contributed by atoms with van der Waals surface area (Å²) in [7, 11) is 4.00. The minimum atomic E-state index is -3.11. The van der Waals surface area contributed by atoms with Gasteiger partial charge in [-0.05, 0) is 0 Å². The van der Waals surface area contributed by atoms with E-state index in [1.54, 1.807) is 0 Å². The number of rotatable bonds is 18. The molecular formula is C26H54O4P2S4Sn. The topological polar surface area (TPSA) is 36.9 Å². The third-order valence-electron chi connectivity index (χ3n) is 6.83. The first kappa shape index (κ1) is 35.8. The van der Waals surface area contributed by atoms with E-state index in [4.69, 9.17) is 41.7 Å². The Morgan fingerprint density at radius 3 is 1.19 bits per heavy atom. The first-order valence-corrected chi connectivity index (χ1v) is 33.7. The normalized spacial score (nSPS) is 22.6. The van der Waals surface area contributed by atoms with Crippen LogP contribution in [-0.2, 0) is 41.7 Å². The Bertz CT molecular complexity index is 679. The van der Waals surface area contributed by atoms with E-state index in [9.17, 15) is 0 Å². The van der Waals surface area contributed by atoms with Crippen LogP contribution < -0.4 is 0 Å². The fourth-order valence-corrected chi connectivity index (χ4v) is 102. The van der Waals surface area contributed by atoms with Crippen LogP contribution in [0.15, 0.2) is 0 Å². The molecule has 2 heterocycles. The van der Waals surface area contributed by atoms with Crippen molar-refractivity contribution >= 4 is 67.7 Å². The van der Waals surface area contributed by atoms with E-state index in [1.165, 1.54) is 85.9 Å². The first-order chi connectivity index (χ1) is 17.4. The Hall–Kier alpha value is 2.64. The summed E-state index contributed by atoms with van der Waals surface area (Å²) < 4.78 is 28.2. The monoisotopic (exact) mass is 740 g/mol. The van der Waals surface area contributed by atoms with E-state index in [0.29, 0.717) is 26.4 Å². The molecule has 2 aliphatic heterocycles. The van der Waals surface area contributed by atoms with Gasteiger partial charge in [0.1, 0.15) is 0 Å². The molecule has 220 valence electrons. The molecule has 2 fully saturated rings. The van der Waals surface area contributed by atoms with Crippen molar-refractivity contribution < 1.29 is 18.1 Å². The summed E-state index contributed by atoms with van der Waals surface area (Å²) in [4.78, 5) is 0. The summed E-state index contributed by atoms with van der Waals surface area (Å²) in [6.07, 6.45) is 15.7. The van der Waals surface area contributed by atoms with Crippen molar-refractivity contribution in [2.24, 2.45) is 10.8 Å². The van der Waals surface area contributed by atoms with Crippen molar-refractivity contribution in [3.05, 3.63) is 0 Å². The summed E-state index contributed by atoms with van der Waals surface area (Å²) >= 11 is 9.26. The van der Waals surface area contributed by atoms with Gasteiger partial charge in [-0.2, -0.15) is 0 Å². The van der Waals surface area contributed by atoms with E-state index in [1.807, 2.05) is 17.1 Å². The van der Waals surface area contributed by atoms with Crippen molar-refractivity contribution in [1.29, 1.82) is 0 Å². The number of hydrogen-bond donors (Lipinski definition) is 0. The molecule has 37 heavy (non-hydrogen) atoms. The van der Waals surface area contributed by atoms with Crippen LogP contribution >= 0.6 is 28.5 Å². The van der Waals surface area contributed by atoms with Gasteiger partial charge in [-0.25, -0.2) is 0 Å². The van der Waals surface area contributed by atoms with Crippen LogP contribution in [0.2, 0.25) is 8.87 Å². The molecular weight excluding hydrogens is 685 g/mol. The van der Waals surface area contributed by atoms with Gasteiger partial charge in [0.25, 0.3) is 0 Å². The van der Waals surface area contributed by atoms with Crippen LogP contribution in [0.4, 0.5) is 0 Å². The molecule has 0 N–H and O–H groups in total. The average molecular weight is 740 g/mol. The fourth-order valence-electron chi connectivity index (χ4n) is 4.36. The predicted molar refractivity (Wildman–Crippen MR) is 177 cm³/mol. The SMILES string of the molecule is CCCCCCC[CH2][Sn]([CH2]CCCCCCC)([S]P1(=S)OCC(C)(C)CO1)[S]P1(=S)OCC(C)(C)CO1. The van der Waals surface area contributed by atoms with Crippen molar-refractivity contribution in [1.82, 2.24) is 0 Å². The Balaban J connectivity index is 2.21. The van der Waals surface area contributed by atoms with Gasteiger partial charge >= 0.3 is 251 Å². The quantitative estimate of drug-likeness (QED) is 0.0781. The molecule has 0 aromatic carbocycles. The van der Waals surface area contributed by atoms with Gasteiger partial charge in [0.2, 0.25) is 0 Å². The van der Waals surface area contributed by atoms with Crippen LogP contribution in [0.25, 0.3) is 0 Å². The molecule has 4 nitrogen and oxygen atoms in total. The Morgan fingerprint density at radius 2 is 0.865 bits per heavy atom. The van der Waals surface area contributed by atoms with Gasteiger partial charge in [0.05, 0.1) is 0 Å². The van der Waals surface area contributed by atoms with Crippen LogP contribution in [-0.4, -0.2) is 42.0 Å². The van der Waals surface area contributed by atoms with Gasteiger partial charge in [0.15, 0.2) is 0 Å². The summed E-state index contributed by atoms with van der Waals surface area (Å²) in [5.74, 6) is 0. The molecule has 0 aromatic heterocycles. The molecule has 0 saturated carbocycles. The van der Waals surface area contributed by atoms with Gasteiger partial charge in [-0.3, -0.25) is 0 Å². The standard InChI is InChI=1S/2C8H17.2C5H11O2PS2.Sn/c2*1-3-5-7-8-6-4-2;2*1-5(2)3-6-8(9,10)7-4-5;/h2*1,3-8H2,2H3;2*3-4H2,1-2H3,(H,9,10);/q;;;;+2/p-2. The van der Waals surface area contributed by atoms with Crippen LogP contribution in [0.1, 0.15) is 119 Å². The summed E-state index contributed by atoms with van der Waals surface area (Å²) in [5, 5.41) is 0. The van der Waals surface area contributed by atoms with Crippen molar-refractivity contribution in [2.45, 2.75) is 127 Å². The van der Waals surface area contributed by atoms with Gasteiger partial charge < -0.3 is 0 Å². The van der Waals surface area contributed by atoms with E-state index in [-0.39, 0.29) is 10.8 Å². The van der Waals surface area contributed by atoms with Crippen molar-refractivity contribution in [3.8, 4) is 0 Å². The third kappa shape index (κ3) is 14.1. The summed E-state index contributed by atoms with van der Waals surface area (Å²) in [5.41, 5.74) is -4.72. The molecule has 0 bridgehead atoms. The molecule has 0 atom stereocenters. The molecule has 0 aromatic rings. The first-order valence-electron chi connectivity index (χ1n) is 14.6. The minimum absolute atomic E-state index is 0.0279. The zero-order valence-electron chi connectivity index (χ0n) is 24.4. The Labute approximate surface area is 248 Å². The average Bonchev–Trinajstić information content (AvgIpc) is 2.83. The van der Waals surface area contributed by atoms with Crippen LogP contribution in [0.5, 0.6) is 0 Å². The molecule has 2 saturated heterocycles. The van der Waals surface area contributed by atoms with Crippen LogP contribution in [0, 0.1) is 10.8 Å². The Kier molecular flexibility index (Phi) is 16.5. The third-order valence-corrected chi connectivity index (χ3v) is 74.0. The summed E-state index contributed by atoms with van der Waals surface area (Å²) in [6, 6.07) is 0. The zero-order valence-corrected chi connectivity index (χ0v) is 32.3. The molecule has 0 unspecified atom stereocenters. The molecule has 0 amide bonds. The summed E-state index contributed by atoms with van der Waals surface area (Å²) in [6.45, 7) is 16.1. The molecule has 0 aliphatic carbocycles. The fraction of sp³-hybridized carbons (Fsp3) is 1.00. The second-order valence-corrected chi connectivity index (χ2v) is 53.5. The molecule has 0 spiro atoms. The van der Waals surface area contributed by atoms with Crippen molar-refractivity contribution in [3.63, 3.8) is 0 Å². The maximum absolute atomic E-state index is 6.41. The number of hydrogen-bond acceptors (Lipinski definition) is 8.